The van der Waals surface area contributed by atoms with Gasteiger partial charge in [0.05, 0.1) is 29.6 Å². The molecule has 2 heterocycles. The molecular formula is C35H31N3O6. The first kappa shape index (κ1) is 28.8. The number of nitrogens with zero attached hydrogens (tertiary/aromatic N) is 1. The Labute approximate surface area is 254 Å². The van der Waals surface area contributed by atoms with Crippen LogP contribution in [0.4, 0.5) is 5.69 Å². The smallest absolute Gasteiger partial charge is 0.342 e. The lowest BCUT2D eigenvalue weighted by Crippen LogP contribution is -2.65. The number of hydrogen-bond acceptors (Lipinski definition) is 7. The van der Waals surface area contributed by atoms with E-state index in [-0.39, 0.29) is 18.9 Å². The minimum atomic E-state index is -2.07. The summed E-state index contributed by atoms with van der Waals surface area (Å²) in [5, 5.41) is 15.8. The average molecular weight is 590 g/mol. The molecule has 0 saturated heterocycles. The van der Waals surface area contributed by atoms with Gasteiger partial charge >= 0.3 is 11.9 Å². The zero-order chi connectivity index (χ0) is 30.9. The summed E-state index contributed by atoms with van der Waals surface area (Å²) in [5.74, 6) is -1.60. The van der Waals surface area contributed by atoms with Gasteiger partial charge in [-0.3, -0.25) is 15.4 Å². The number of rotatable bonds is 8. The van der Waals surface area contributed by atoms with Gasteiger partial charge in [0, 0.05) is 34.3 Å². The summed E-state index contributed by atoms with van der Waals surface area (Å²) in [6.07, 6.45) is 0. The molecule has 0 amide bonds. The molecule has 9 nitrogen and oxygen atoms in total. The van der Waals surface area contributed by atoms with Crippen LogP contribution in [0.1, 0.15) is 47.8 Å². The normalized spacial score (nSPS) is 16.5. The Morgan fingerprint density at radius 3 is 1.82 bits per heavy atom. The van der Waals surface area contributed by atoms with Crippen LogP contribution in [0.3, 0.4) is 0 Å². The van der Waals surface area contributed by atoms with Crippen LogP contribution in [0.5, 0.6) is 0 Å². The van der Waals surface area contributed by atoms with Crippen molar-refractivity contribution < 1.29 is 24.0 Å². The summed E-state index contributed by atoms with van der Waals surface area (Å²) in [5.41, 5.74) is 0.893. The summed E-state index contributed by atoms with van der Waals surface area (Å²) in [6, 6.07) is 32.5. The lowest BCUT2D eigenvalue weighted by Gasteiger charge is -2.50. The third kappa shape index (κ3) is 4.27. The van der Waals surface area contributed by atoms with Gasteiger partial charge < -0.3 is 14.5 Å². The lowest BCUT2D eigenvalue weighted by molar-refractivity contribution is -0.384. The first-order valence-electron chi connectivity index (χ1n) is 14.5. The fourth-order valence-corrected chi connectivity index (χ4v) is 6.57. The van der Waals surface area contributed by atoms with Crippen LogP contribution in [-0.4, -0.2) is 35.1 Å². The number of H-pyrrole nitrogens is 1. The van der Waals surface area contributed by atoms with Crippen molar-refractivity contribution in [2.75, 3.05) is 13.2 Å². The molecule has 0 fully saturated rings. The number of esters is 2. The second-order valence-corrected chi connectivity index (χ2v) is 10.6. The molecule has 0 spiro atoms. The Balaban J connectivity index is 1.82. The minimum Gasteiger partial charge on any atom is -0.464 e. The van der Waals surface area contributed by atoms with Crippen molar-refractivity contribution in [3.8, 4) is 0 Å². The van der Waals surface area contributed by atoms with Crippen LogP contribution in [0, 0.1) is 10.1 Å². The van der Waals surface area contributed by atoms with E-state index in [2.05, 4.69) is 10.3 Å². The van der Waals surface area contributed by atoms with Crippen molar-refractivity contribution in [2.24, 2.45) is 0 Å². The predicted molar refractivity (Wildman–Crippen MR) is 165 cm³/mol. The molecule has 4 aromatic carbocycles. The Morgan fingerprint density at radius 2 is 1.30 bits per heavy atom. The molecule has 1 aliphatic rings. The first-order valence-corrected chi connectivity index (χ1v) is 14.5. The van der Waals surface area contributed by atoms with Crippen molar-refractivity contribution in [3.63, 3.8) is 0 Å². The number of nitrogens with one attached hydrogen (secondary N) is 2. The molecule has 2 N–H and O–H groups in total. The molecule has 1 aromatic heterocycles. The second-order valence-electron chi connectivity index (χ2n) is 10.6. The number of fused-ring (bicyclic) bond motifs is 3. The standard InChI is InChI=1S/C35H31N3O6/c1-3-43-32(39)35(33(40)44-4-2)29-27-17-11-12-18-28(27)36-31(29)34(24-13-7-5-8-14-24,25-15-9-6-10-16-25)30(37-35)23-19-21-26(22-20-23)38(41)42/h5-22,30,36-37H,3-4H2,1-2H3/t30-/m0/s1. The number of carbonyl (C=O) groups is 2. The van der Waals surface area contributed by atoms with Gasteiger partial charge in [-0.1, -0.05) is 91.0 Å². The van der Waals surface area contributed by atoms with Gasteiger partial charge in [-0.15, -0.1) is 0 Å². The highest BCUT2D eigenvalue weighted by atomic mass is 16.6. The summed E-state index contributed by atoms with van der Waals surface area (Å²) in [6.45, 7) is 3.43. The molecule has 44 heavy (non-hydrogen) atoms. The largest absolute Gasteiger partial charge is 0.464 e. The van der Waals surface area contributed by atoms with Gasteiger partial charge in [0.25, 0.3) is 5.69 Å². The number of nitro groups is 1. The highest BCUT2D eigenvalue weighted by Crippen LogP contribution is 2.57. The van der Waals surface area contributed by atoms with Crippen LogP contribution >= 0.6 is 0 Å². The van der Waals surface area contributed by atoms with E-state index in [0.29, 0.717) is 22.2 Å². The Morgan fingerprint density at radius 1 is 0.773 bits per heavy atom. The molecule has 0 radical (unpaired) electrons. The fourth-order valence-electron chi connectivity index (χ4n) is 6.57. The Bertz CT molecular complexity index is 1780. The molecule has 0 unspecified atom stereocenters. The molecule has 1 atom stereocenters. The molecule has 0 saturated carbocycles. The molecule has 0 bridgehead atoms. The maximum atomic E-state index is 14.3. The SMILES string of the molecule is CCOC(=O)C1(C(=O)OCC)N[C@@H](c2ccc([N+](=O)[O-])cc2)C(c2ccccc2)(c2ccccc2)c2[nH]c3ccccc3c21. The zero-order valence-electron chi connectivity index (χ0n) is 24.3. The van der Waals surface area contributed by atoms with Crippen LogP contribution in [0.25, 0.3) is 10.9 Å². The quantitative estimate of drug-likeness (QED) is 0.0974. The number of benzene rings is 4. The maximum absolute atomic E-state index is 14.3. The van der Waals surface area contributed by atoms with E-state index in [0.717, 1.165) is 16.6 Å². The van der Waals surface area contributed by atoms with Crippen LogP contribution in [-0.2, 0) is 30.0 Å². The molecule has 5 aromatic rings. The maximum Gasteiger partial charge on any atom is 0.342 e. The van der Waals surface area contributed by atoms with Crippen molar-refractivity contribution in [1.29, 1.82) is 0 Å². The number of hydrogen-bond donors (Lipinski definition) is 2. The highest BCUT2D eigenvalue weighted by Gasteiger charge is 2.64. The van der Waals surface area contributed by atoms with Gasteiger partial charge in [-0.05, 0) is 36.6 Å². The van der Waals surface area contributed by atoms with Crippen molar-refractivity contribution >= 4 is 28.5 Å². The third-order valence-corrected chi connectivity index (χ3v) is 8.33. The predicted octanol–water partition coefficient (Wildman–Crippen LogP) is 6.08. The lowest BCUT2D eigenvalue weighted by atomic mass is 9.59. The molecular weight excluding hydrogens is 558 g/mol. The number of aromatic nitrogens is 1. The number of non-ortho nitro benzene ring substituents is 1. The monoisotopic (exact) mass is 589 g/mol. The Kier molecular flexibility index (Phi) is 7.48. The Hall–Kier alpha value is -5.28. The summed E-state index contributed by atoms with van der Waals surface area (Å²) >= 11 is 0. The van der Waals surface area contributed by atoms with Gasteiger partial charge in [-0.2, -0.15) is 0 Å². The number of ether oxygens (including phenoxy) is 2. The van der Waals surface area contributed by atoms with E-state index < -0.39 is 33.9 Å². The van der Waals surface area contributed by atoms with E-state index in [4.69, 9.17) is 9.47 Å². The number of nitro benzene ring substituents is 1. The summed E-state index contributed by atoms with van der Waals surface area (Å²) in [4.78, 5) is 43.3. The van der Waals surface area contributed by atoms with E-state index >= 15 is 0 Å². The van der Waals surface area contributed by atoms with Crippen LogP contribution < -0.4 is 5.32 Å². The van der Waals surface area contributed by atoms with E-state index in [1.807, 2.05) is 84.9 Å². The zero-order valence-corrected chi connectivity index (χ0v) is 24.3. The molecule has 222 valence electrons. The van der Waals surface area contributed by atoms with Gasteiger partial charge in [-0.25, -0.2) is 9.59 Å². The number of carbonyl (C=O) groups excluding carboxylic acids is 2. The molecule has 6 rings (SSSR count). The first-order chi connectivity index (χ1) is 21.4. The third-order valence-electron chi connectivity index (χ3n) is 8.33. The fraction of sp³-hybridized carbons (Fsp3) is 0.200. The van der Waals surface area contributed by atoms with E-state index in [1.165, 1.54) is 12.1 Å². The van der Waals surface area contributed by atoms with Gasteiger partial charge in [0.2, 0.25) is 5.54 Å². The second kappa shape index (κ2) is 11.4. The number of para-hydroxylation sites is 1. The highest BCUT2D eigenvalue weighted by molar-refractivity contribution is 6.10. The molecule has 1 aliphatic heterocycles. The van der Waals surface area contributed by atoms with E-state index in [1.54, 1.807) is 26.0 Å². The van der Waals surface area contributed by atoms with E-state index in [9.17, 15) is 19.7 Å². The van der Waals surface area contributed by atoms with Gasteiger partial charge in [0.1, 0.15) is 0 Å². The van der Waals surface area contributed by atoms with Crippen LogP contribution in [0.15, 0.2) is 109 Å². The summed E-state index contributed by atoms with van der Waals surface area (Å²) < 4.78 is 11.3. The van der Waals surface area contributed by atoms with Crippen molar-refractivity contribution in [1.82, 2.24) is 10.3 Å². The topological polar surface area (TPSA) is 124 Å². The molecule has 9 heteroatoms. The minimum absolute atomic E-state index is 0.0318. The number of aromatic amines is 1. The molecule has 0 aliphatic carbocycles. The van der Waals surface area contributed by atoms with Crippen LogP contribution in [0.2, 0.25) is 0 Å². The van der Waals surface area contributed by atoms with Gasteiger partial charge in [0.15, 0.2) is 0 Å². The van der Waals surface area contributed by atoms with Crippen molar-refractivity contribution in [2.45, 2.75) is 30.8 Å². The summed E-state index contributed by atoms with van der Waals surface area (Å²) in [7, 11) is 0. The van der Waals surface area contributed by atoms with Crippen molar-refractivity contribution in [3.05, 3.63) is 147 Å². The average Bonchev–Trinajstić information content (AvgIpc) is 3.45.